The molecule has 0 N–H and O–H groups in total. The summed E-state index contributed by atoms with van der Waals surface area (Å²) in [4.78, 5) is 11.9. The average Bonchev–Trinajstić information content (AvgIpc) is 2.72. The second kappa shape index (κ2) is 6.93. The molecule has 0 saturated carbocycles. The standard InChI is InChI=1S/C17H27NO/c1-3-4-5-6-7-8-12-18-14(2)13-15-16(18)10-9-11-17(15)19/h13H,3-12H2,1-2H3. The highest BCUT2D eigenvalue weighted by Crippen LogP contribution is 2.25. The van der Waals surface area contributed by atoms with E-state index in [0.29, 0.717) is 5.78 Å². The van der Waals surface area contributed by atoms with Gasteiger partial charge in [-0.25, -0.2) is 0 Å². The van der Waals surface area contributed by atoms with Gasteiger partial charge in [0.1, 0.15) is 0 Å². The van der Waals surface area contributed by atoms with Gasteiger partial charge in [-0.15, -0.1) is 0 Å². The molecule has 106 valence electrons. The van der Waals surface area contributed by atoms with Gasteiger partial charge in [0.15, 0.2) is 5.78 Å². The number of ketones is 1. The molecule has 0 unspecified atom stereocenters. The molecule has 0 aliphatic heterocycles. The summed E-state index contributed by atoms with van der Waals surface area (Å²) in [6.45, 7) is 5.50. The van der Waals surface area contributed by atoms with Gasteiger partial charge in [0.2, 0.25) is 0 Å². The largest absolute Gasteiger partial charge is 0.348 e. The molecule has 0 radical (unpaired) electrons. The van der Waals surface area contributed by atoms with Crippen LogP contribution in [0.5, 0.6) is 0 Å². The van der Waals surface area contributed by atoms with Gasteiger partial charge >= 0.3 is 0 Å². The molecule has 1 aromatic heterocycles. The van der Waals surface area contributed by atoms with Crippen LogP contribution >= 0.6 is 0 Å². The molecule has 19 heavy (non-hydrogen) atoms. The van der Waals surface area contributed by atoms with E-state index < -0.39 is 0 Å². The highest BCUT2D eigenvalue weighted by atomic mass is 16.1. The van der Waals surface area contributed by atoms with Gasteiger partial charge in [-0.05, 0) is 32.3 Å². The van der Waals surface area contributed by atoms with E-state index in [4.69, 9.17) is 0 Å². The van der Waals surface area contributed by atoms with E-state index in [1.807, 2.05) is 0 Å². The Balaban J connectivity index is 1.88. The zero-order valence-electron chi connectivity index (χ0n) is 12.5. The van der Waals surface area contributed by atoms with Gasteiger partial charge in [0.05, 0.1) is 0 Å². The minimum Gasteiger partial charge on any atom is -0.348 e. The van der Waals surface area contributed by atoms with E-state index >= 15 is 0 Å². The molecule has 0 bridgehead atoms. The lowest BCUT2D eigenvalue weighted by atomic mass is 9.96. The first kappa shape index (κ1) is 14.4. The third-order valence-corrected chi connectivity index (χ3v) is 4.27. The van der Waals surface area contributed by atoms with Crippen molar-refractivity contribution in [2.45, 2.75) is 78.2 Å². The zero-order valence-corrected chi connectivity index (χ0v) is 12.5. The molecule has 0 saturated heterocycles. The lowest BCUT2D eigenvalue weighted by Crippen LogP contribution is -2.13. The SMILES string of the molecule is CCCCCCCCn1c(C)cc2c1CCCC2=O. The minimum absolute atomic E-state index is 0.353. The predicted octanol–water partition coefficient (Wildman–Crippen LogP) is 4.68. The molecule has 0 spiro atoms. The number of carbonyl (C=O) groups excluding carboxylic acids is 1. The first-order chi connectivity index (χ1) is 9.24. The van der Waals surface area contributed by atoms with E-state index in [2.05, 4.69) is 24.5 Å². The van der Waals surface area contributed by atoms with Crippen LogP contribution in [0.4, 0.5) is 0 Å². The van der Waals surface area contributed by atoms with Crippen molar-refractivity contribution in [3.63, 3.8) is 0 Å². The Morgan fingerprint density at radius 1 is 1.11 bits per heavy atom. The van der Waals surface area contributed by atoms with Gasteiger partial charge in [-0.1, -0.05) is 39.0 Å². The predicted molar refractivity (Wildman–Crippen MR) is 79.8 cm³/mol. The third-order valence-electron chi connectivity index (χ3n) is 4.27. The summed E-state index contributed by atoms with van der Waals surface area (Å²) in [7, 11) is 0. The minimum atomic E-state index is 0.353. The van der Waals surface area contributed by atoms with Crippen LogP contribution in [0.2, 0.25) is 0 Å². The summed E-state index contributed by atoms with van der Waals surface area (Å²) in [5, 5.41) is 0. The van der Waals surface area contributed by atoms with Crippen LogP contribution in [-0.2, 0) is 13.0 Å². The van der Waals surface area contributed by atoms with Gasteiger partial charge in [-0.2, -0.15) is 0 Å². The topological polar surface area (TPSA) is 22.0 Å². The molecule has 1 aromatic rings. The zero-order chi connectivity index (χ0) is 13.7. The fourth-order valence-electron chi connectivity index (χ4n) is 3.15. The van der Waals surface area contributed by atoms with Crippen LogP contribution in [0, 0.1) is 6.92 Å². The van der Waals surface area contributed by atoms with Crippen LogP contribution in [0.3, 0.4) is 0 Å². The lowest BCUT2D eigenvalue weighted by Gasteiger charge is -2.16. The summed E-state index contributed by atoms with van der Waals surface area (Å²) in [6.07, 6.45) is 10.8. The molecular weight excluding hydrogens is 234 g/mol. The van der Waals surface area contributed by atoms with Crippen molar-refractivity contribution in [3.05, 3.63) is 23.0 Å². The molecular formula is C17H27NO. The first-order valence-electron chi connectivity index (χ1n) is 7.96. The number of aryl methyl sites for hydroxylation is 1. The summed E-state index contributed by atoms with van der Waals surface area (Å²) in [5.41, 5.74) is 3.59. The van der Waals surface area contributed by atoms with Crippen molar-refractivity contribution >= 4 is 5.78 Å². The van der Waals surface area contributed by atoms with E-state index in [1.165, 1.54) is 49.9 Å². The number of unbranched alkanes of at least 4 members (excludes halogenated alkanes) is 5. The van der Waals surface area contributed by atoms with Gasteiger partial charge in [0.25, 0.3) is 0 Å². The van der Waals surface area contributed by atoms with Crippen molar-refractivity contribution in [1.82, 2.24) is 4.57 Å². The summed E-state index contributed by atoms with van der Waals surface area (Å²) >= 11 is 0. The van der Waals surface area contributed by atoms with E-state index in [9.17, 15) is 4.79 Å². The van der Waals surface area contributed by atoms with Gasteiger partial charge in [-0.3, -0.25) is 4.79 Å². The molecule has 0 fully saturated rings. The van der Waals surface area contributed by atoms with Crippen LogP contribution in [0.1, 0.15) is 80.0 Å². The number of hydrogen-bond acceptors (Lipinski definition) is 1. The number of rotatable bonds is 7. The number of carbonyl (C=O) groups is 1. The van der Waals surface area contributed by atoms with Crippen molar-refractivity contribution < 1.29 is 4.79 Å². The molecule has 1 aliphatic rings. The smallest absolute Gasteiger partial charge is 0.164 e. The summed E-state index contributed by atoms with van der Waals surface area (Å²) < 4.78 is 2.40. The molecule has 2 nitrogen and oxygen atoms in total. The highest BCUT2D eigenvalue weighted by molar-refractivity contribution is 5.98. The highest BCUT2D eigenvalue weighted by Gasteiger charge is 2.21. The number of nitrogens with zero attached hydrogens (tertiary/aromatic N) is 1. The second-order valence-electron chi connectivity index (χ2n) is 5.84. The van der Waals surface area contributed by atoms with Crippen molar-refractivity contribution in [1.29, 1.82) is 0 Å². The molecule has 1 heterocycles. The van der Waals surface area contributed by atoms with Crippen LogP contribution in [0.25, 0.3) is 0 Å². The molecule has 0 amide bonds. The van der Waals surface area contributed by atoms with Gasteiger partial charge < -0.3 is 4.57 Å². The number of fused-ring (bicyclic) bond motifs is 1. The monoisotopic (exact) mass is 261 g/mol. The fourth-order valence-corrected chi connectivity index (χ4v) is 3.15. The summed E-state index contributed by atoms with van der Waals surface area (Å²) in [6, 6.07) is 2.11. The Hall–Kier alpha value is -1.05. The number of hydrogen-bond donors (Lipinski definition) is 0. The Labute approximate surface area is 117 Å². The van der Waals surface area contributed by atoms with E-state index in [1.54, 1.807) is 0 Å². The van der Waals surface area contributed by atoms with Crippen LogP contribution in [-0.4, -0.2) is 10.4 Å². The van der Waals surface area contributed by atoms with Gasteiger partial charge in [0, 0.05) is 29.9 Å². The first-order valence-corrected chi connectivity index (χ1v) is 7.96. The normalized spacial score (nSPS) is 14.7. The van der Waals surface area contributed by atoms with Crippen molar-refractivity contribution in [2.75, 3.05) is 0 Å². The van der Waals surface area contributed by atoms with Crippen molar-refractivity contribution in [3.8, 4) is 0 Å². The fraction of sp³-hybridized carbons (Fsp3) is 0.706. The Morgan fingerprint density at radius 2 is 1.84 bits per heavy atom. The second-order valence-corrected chi connectivity index (χ2v) is 5.84. The van der Waals surface area contributed by atoms with Crippen LogP contribution in [0.15, 0.2) is 6.07 Å². The Bertz CT molecular complexity index is 431. The van der Waals surface area contributed by atoms with Crippen LogP contribution < -0.4 is 0 Å². The average molecular weight is 261 g/mol. The number of Topliss-reactive ketones (excluding diaryl/α,β-unsaturated/α-hetero) is 1. The van der Waals surface area contributed by atoms with E-state index in [-0.39, 0.29) is 0 Å². The molecule has 0 aromatic carbocycles. The van der Waals surface area contributed by atoms with E-state index in [0.717, 1.165) is 31.4 Å². The third kappa shape index (κ3) is 3.49. The Morgan fingerprint density at radius 3 is 2.63 bits per heavy atom. The lowest BCUT2D eigenvalue weighted by molar-refractivity contribution is 0.0971. The maximum absolute atomic E-state index is 11.9. The molecule has 1 aliphatic carbocycles. The van der Waals surface area contributed by atoms with Crippen molar-refractivity contribution in [2.24, 2.45) is 0 Å². The summed E-state index contributed by atoms with van der Waals surface area (Å²) in [5.74, 6) is 0.353. The maximum Gasteiger partial charge on any atom is 0.164 e. The maximum atomic E-state index is 11.9. The quantitative estimate of drug-likeness (QED) is 0.653. The molecule has 0 atom stereocenters. The Kier molecular flexibility index (Phi) is 5.24. The molecule has 2 heteroatoms. The number of aromatic nitrogens is 1. The molecule has 2 rings (SSSR count).